The van der Waals surface area contributed by atoms with Crippen LogP contribution in [-0.4, -0.2) is 41.5 Å². The van der Waals surface area contributed by atoms with Crippen molar-refractivity contribution in [3.05, 3.63) is 24.0 Å². The maximum Gasteiger partial charge on any atom is 0.255 e. The fourth-order valence-electron chi connectivity index (χ4n) is 2.44. The topological polar surface area (TPSA) is 71.2 Å². The molecular weight excluding hydrogens is 299 g/mol. The van der Waals surface area contributed by atoms with Crippen molar-refractivity contribution in [3.8, 4) is 0 Å². The molecule has 0 bridgehead atoms. The number of aromatic nitrogens is 1. The molecule has 2 heterocycles. The summed E-state index contributed by atoms with van der Waals surface area (Å²) in [6.45, 7) is 5.00. The third kappa shape index (κ3) is 4.51. The third-order valence-corrected chi connectivity index (χ3v) is 3.50. The second-order valence-corrected chi connectivity index (χ2v) is 4.60. The van der Waals surface area contributed by atoms with Gasteiger partial charge in [-0.25, -0.2) is 0 Å². The Morgan fingerprint density at radius 2 is 2.30 bits per heavy atom. The second kappa shape index (κ2) is 9.00. The Hall–Kier alpha value is -1.04. The van der Waals surface area contributed by atoms with Crippen LogP contribution in [0.3, 0.4) is 0 Å². The number of nitrogens with one attached hydrogen (secondary N) is 1. The first kappa shape index (κ1) is 19.0. The van der Waals surface area contributed by atoms with Crippen molar-refractivity contribution in [2.24, 2.45) is 0 Å². The molecular formula is C13H22Cl2N4O. The Kier molecular flexibility index (Phi) is 8.53. The lowest BCUT2D eigenvalue weighted by molar-refractivity contribution is 0.0942. The third-order valence-electron chi connectivity index (χ3n) is 3.50. The van der Waals surface area contributed by atoms with Crippen molar-refractivity contribution in [3.63, 3.8) is 0 Å². The number of likely N-dealkylation sites (tertiary alicyclic amines) is 1. The molecule has 1 atom stereocenters. The average molecular weight is 321 g/mol. The van der Waals surface area contributed by atoms with Gasteiger partial charge in [0.1, 0.15) is 0 Å². The van der Waals surface area contributed by atoms with E-state index < -0.39 is 0 Å². The first-order valence-corrected chi connectivity index (χ1v) is 6.44. The number of likely N-dealkylation sites (N-methyl/N-ethyl adjacent to an activating group) is 1. The summed E-state index contributed by atoms with van der Waals surface area (Å²) < 4.78 is 0. The smallest absolute Gasteiger partial charge is 0.255 e. The van der Waals surface area contributed by atoms with Gasteiger partial charge in [0.25, 0.3) is 5.91 Å². The Balaban J connectivity index is 0.00000180. The largest absolute Gasteiger partial charge is 0.398 e. The number of rotatable bonds is 4. The first-order valence-electron chi connectivity index (χ1n) is 6.44. The molecule has 0 spiro atoms. The van der Waals surface area contributed by atoms with E-state index in [0.29, 0.717) is 23.8 Å². The van der Waals surface area contributed by atoms with E-state index in [1.165, 1.54) is 12.6 Å². The minimum Gasteiger partial charge on any atom is -0.398 e. The minimum absolute atomic E-state index is 0. The van der Waals surface area contributed by atoms with E-state index in [1.807, 2.05) is 0 Å². The molecule has 3 N–H and O–H groups in total. The molecule has 1 aromatic rings. The Labute approximate surface area is 132 Å². The predicted octanol–water partition coefficient (Wildman–Crippen LogP) is 1.72. The van der Waals surface area contributed by atoms with Crippen molar-refractivity contribution < 1.29 is 4.79 Å². The molecule has 1 unspecified atom stereocenters. The molecule has 1 aromatic heterocycles. The van der Waals surface area contributed by atoms with Gasteiger partial charge in [-0.1, -0.05) is 6.92 Å². The van der Waals surface area contributed by atoms with Gasteiger partial charge < -0.3 is 11.1 Å². The number of anilines is 1. The number of carbonyl (C=O) groups is 1. The molecule has 0 aliphatic carbocycles. The maximum atomic E-state index is 12.0. The van der Waals surface area contributed by atoms with Gasteiger partial charge in [-0.05, 0) is 32.0 Å². The van der Waals surface area contributed by atoms with Crippen LogP contribution in [0.2, 0.25) is 0 Å². The molecule has 0 aromatic carbocycles. The number of hydrogen-bond acceptors (Lipinski definition) is 4. The fourth-order valence-corrected chi connectivity index (χ4v) is 2.44. The summed E-state index contributed by atoms with van der Waals surface area (Å²) in [6.07, 6.45) is 5.46. The van der Waals surface area contributed by atoms with E-state index in [-0.39, 0.29) is 30.7 Å². The zero-order valence-corrected chi connectivity index (χ0v) is 13.2. The van der Waals surface area contributed by atoms with E-state index in [2.05, 4.69) is 22.1 Å². The van der Waals surface area contributed by atoms with Crippen molar-refractivity contribution in [2.75, 3.05) is 25.4 Å². The molecule has 5 nitrogen and oxygen atoms in total. The Morgan fingerprint density at radius 1 is 1.55 bits per heavy atom. The van der Waals surface area contributed by atoms with Crippen LogP contribution in [0.25, 0.3) is 0 Å². The molecule has 20 heavy (non-hydrogen) atoms. The van der Waals surface area contributed by atoms with E-state index in [0.717, 1.165) is 19.5 Å². The number of halogens is 2. The quantitative estimate of drug-likeness (QED) is 0.886. The van der Waals surface area contributed by atoms with Crippen molar-refractivity contribution in [1.29, 1.82) is 0 Å². The number of pyridine rings is 1. The second-order valence-electron chi connectivity index (χ2n) is 4.60. The number of carbonyl (C=O) groups excluding carboxylic acids is 1. The van der Waals surface area contributed by atoms with E-state index in [4.69, 9.17) is 5.73 Å². The predicted molar refractivity (Wildman–Crippen MR) is 85.7 cm³/mol. The summed E-state index contributed by atoms with van der Waals surface area (Å²) in [5.74, 6) is -0.136. The van der Waals surface area contributed by atoms with Gasteiger partial charge in [0, 0.05) is 30.7 Å². The van der Waals surface area contributed by atoms with Gasteiger partial charge in [0.2, 0.25) is 0 Å². The monoisotopic (exact) mass is 320 g/mol. The van der Waals surface area contributed by atoms with E-state index in [1.54, 1.807) is 12.3 Å². The highest BCUT2D eigenvalue weighted by Gasteiger charge is 2.23. The van der Waals surface area contributed by atoms with Gasteiger partial charge in [-0.2, -0.15) is 0 Å². The highest BCUT2D eigenvalue weighted by Crippen LogP contribution is 2.16. The number of nitrogen functional groups attached to an aromatic ring is 1. The van der Waals surface area contributed by atoms with Gasteiger partial charge in [0.15, 0.2) is 0 Å². The van der Waals surface area contributed by atoms with Crippen molar-refractivity contribution in [2.45, 2.75) is 25.8 Å². The van der Waals surface area contributed by atoms with Crippen molar-refractivity contribution in [1.82, 2.24) is 15.2 Å². The Bertz CT molecular complexity index is 431. The number of nitrogens with zero attached hydrogens (tertiary/aromatic N) is 2. The maximum absolute atomic E-state index is 12.0. The SMILES string of the molecule is CCN1CCCC1CNC(=O)c1cnccc1N.Cl.Cl. The number of nitrogens with two attached hydrogens (primary N) is 1. The standard InChI is InChI=1S/C13H20N4O.2ClH/c1-2-17-7-3-4-10(17)8-16-13(18)11-9-15-6-5-12(11)14;;/h5-6,9-10H,2-4,7-8H2,1H3,(H2,14,15)(H,16,18);2*1H. The summed E-state index contributed by atoms with van der Waals surface area (Å²) in [4.78, 5) is 18.3. The molecule has 1 fully saturated rings. The van der Waals surface area contributed by atoms with Crippen LogP contribution < -0.4 is 11.1 Å². The highest BCUT2D eigenvalue weighted by atomic mass is 35.5. The Morgan fingerprint density at radius 3 is 2.95 bits per heavy atom. The summed E-state index contributed by atoms with van der Waals surface area (Å²) >= 11 is 0. The summed E-state index contributed by atoms with van der Waals surface area (Å²) in [5, 5.41) is 2.95. The van der Waals surface area contributed by atoms with Crippen LogP contribution in [0.15, 0.2) is 18.5 Å². The zero-order chi connectivity index (χ0) is 13.0. The fraction of sp³-hybridized carbons (Fsp3) is 0.538. The van der Waals surface area contributed by atoms with Crippen LogP contribution in [0.4, 0.5) is 5.69 Å². The normalized spacial score (nSPS) is 17.9. The zero-order valence-electron chi connectivity index (χ0n) is 11.5. The molecule has 1 aliphatic rings. The van der Waals surface area contributed by atoms with Crippen molar-refractivity contribution >= 4 is 36.4 Å². The van der Waals surface area contributed by atoms with Crippen LogP contribution in [-0.2, 0) is 0 Å². The molecule has 114 valence electrons. The molecule has 1 amide bonds. The van der Waals surface area contributed by atoms with E-state index >= 15 is 0 Å². The lowest BCUT2D eigenvalue weighted by atomic mass is 10.2. The first-order chi connectivity index (χ1) is 8.72. The number of amides is 1. The van der Waals surface area contributed by atoms with Gasteiger partial charge in [-0.15, -0.1) is 24.8 Å². The number of hydrogen-bond donors (Lipinski definition) is 2. The molecule has 7 heteroatoms. The molecule has 1 saturated heterocycles. The van der Waals surface area contributed by atoms with Gasteiger partial charge in [-0.3, -0.25) is 14.7 Å². The molecule has 2 rings (SSSR count). The van der Waals surface area contributed by atoms with Crippen LogP contribution in [0.5, 0.6) is 0 Å². The van der Waals surface area contributed by atoms with Crippen LogP contribution in [0.1, 0.15) is 30.1 Å². The lowest BCUT2D eigenvalue weighted by Gasteiger charge is -2.22. The van der Waals surface area contributed by atoms with Crippen LogP contribution in [0, 0.1) is 0 Å². The summed E-state index contributed by atoms with van der Waals surface area (Å²) in [6, 6.07) is 2.10. The average Bonchev–Trinajstić information content (AvgIpc) is 2.84. The summed E-state index contributed by atoms with van der Waals surface area (Å²) in [5.41, 5.74) is 6.68. The minimum atomic E-state index is -0.136. The van der Waals surface area contributed by atoms with Gasteiger partial charge >= 0.3 is 0 Å². The molecule has 0 saturated carbocycles. The van der Waals surface area contributed by atoms with Crippen LogP contribution >= 0.6 is 24.8 Å². The highest BCUT2D eigenvalue weighted by molar-refractivity contribution is 5.98. The van der Waals surface area contributed by atoms with Gasteiger partial charge in [0.05, 0.1) is 5.56 Å². The molecule has 1 aliphatic heterocycles. The lowest BCUT2D eigenvalue weighted by Crippen LogP contribution is -2.40. The van der Waals surface area contributed by atoms with E-state index in [9.17, 15) is 4.79 Å². The molecule has 0 radical (unpaired) electrons. The summed E-state index contributed by atoms with van der Waals surface area (Å²) in [7, 11) is 0.